The number of quaternary nitrogens is 1. The molecule has 22 heavy (non-hydrogen) atoms. The standard InChI is InChI=1S/C16H22FN3O2/c1-11-4-5-14(10-15(11)17)18-16(22)12(2)19-6-8-20(9-7-19)13(3)21/h4-5,10,12H,6-9H2,1-3H3,(H,18,22)/p+1/t12-/m1/s1. The van der Waals surface area contributed by atoms with E-state index in [-0.39, 0.29) is 23.7 Å². The third-order valence-electron chi connectivity index (χ3n) is 4.30. The molecule has 0 radical (unpaired) electrons. The molecule has 120 valence electrons. The second-order valence-corrected chi connectivity index (χ2v) is 5.84. The van der Waals surface area contributed by atoms with Crippen molar-refractivity contribution >= 4 is 17.5 Å². The van der Waals surface area contributed by atoms with Crippen LogP contribution in [0.25, 0.3) is 0 Å². The quantitative estimate of drug-likeness (QED) is 0.839. The maximum atomic E-state index is 13.5. The van der Waals surface area contributed by atoms with Crippen LogP contribution in [-0.4, -0.2) is 48.9 Å². The molecule has 1 heterocycles. The van der Waals surface area contributed by atoms with Crippen molar-refractivity contribution in [1.82, 2.24) is 4.90 Å². The number of benzene rings is 1. The summed E-state index contributed by atoms with van der Waals surface area (Å²) in [7, 11) is 0. The van der Waals surface area contributed by atoms with E-state index in [0.29, 0.717) is 24.3 Å². The Balaban J connectivity index is 1.92. The molecule has 6 heteroatoms. The van der Waals surface area contributed by atoms with Gasteiger partial charge in [-0.25, -0.2) is 4.39 Å². The average molecular weight is 308 g/mol. The number of carbonyl (C=O) groups excluding carboxylic acids is 2. The van der Waals surface area contributed by atoms with E-state index < -0.39 is 0 Å². The van der Waals surface area contributed by atoms with Crippen LogP contribution in [0.2, 0.25) is 0 Å². The maximum absolute atomic E-state index is 13.5. The molecule has 0 bridgehead atoms. The van der Waals surface area contributed by atoms with Crippen LogP contribution in [0.4, 0.5) is 10.1 Å². The van der Waals surface area contributed by atoms with Crippen LogP contribution < -0.4 is 10.2 Å². The van der Waals surface area contributed by atoms with Crippen molar-refractivity contribution in [2.45, 2.75) is 26.8 Å². The Hall–Kier alpha value is -1.95. The van der Waals surface area contributed by atoms with Gasteiger partial charge in [-0.1, -0.05) is 6.07 Å². The first-order valence-corrected chi connectivity index (χ1v) is 7.55. The van der Waals surface area contributed by atoms with Gasteiger partial charge in [0, 0.05) is 12.6 Å². The number of carbonyl (C=O) groups is 2. The third-order valence-corrected chi connectivity index (χ3v) is 4.30. The van der Waals surface area contributed by atoms with Gasteiger partial charge < -0.3 is 15.1 Å². The molecule has 0 aliphatic carbocycles. The Kier molecular flexibility index (Phi) is 5.13. The summed E-state index contributed by atoms with van der Waals surface area (Å²) in [4.78, 5) is 26.5. The molecule has 1 aliphatic rings. The molecule has 2 rings (SSSR count). The van der Waals surface area contributed by atoms with Crippen LogP contribution in [0, 0.1) is 12.7 Å². The molecule has 1 aliphatic heterocycles. The summed E-state index contributed by atoms with van der Waals surface area (Å²) >= 11 is 0. The van der Waals surface area contributed by atoms with E-state index in [1.54, 1.807) is 30.9 Å². The second-order valence-electron chi connectivity index (χ2n) is 5.84. The highest BCUT2D eigenvalue weighted by atomic mass is 19.1. The molecule has 0 spiro atoms. The van der Waals surface area contributed by atoms with Crippen LogP contribution in [0.1, 0.15) is 19.4 Å². The van der Waals surface area contributed by atoms with Gasteiger partial charge in [0.05, 0.1) is 26.2 Å². The number of halogens is 1. The highest BCUT2D eigenvalue weighted by Crippen LogP contribution is 2.13. The van der Waals surface area contributed by atoms with E-state index >= 15 is 0 Å². The van der Waals surface area contributed by atoms with Crippen molar-refractivity contribution < 1.29 is 18.9 Å². The summed E-state index contributed by atoms with van der Waals surface area (Å²) in [6.45, 7) is 7.93. The van der Waals surface area contributed by atoms with Crippen LogP contribution in [-0.2, 0) is 9.59 Å². The molecule has 5 nitrogen and oxygen atoms in total. The van der Waals surface area contributed by atoms with Crippen molar-refractivity contribution in [2.75, 3.05) is 31.5 Å². The number of amides is 2. The van der Waals surface area contributed by atoms with E-state index in [4.69, 9.17) is 0 Å². The molecule has 2 amide bonds. The molecule has 1 fully saturated rings. The molecular formula is C16H23FN3O2+. The van der Waals surface area contributed by atoms with Crippen molar-refractivity contribution in [3.8, 4) is 0 Å². The van der Waals surface area contributed by atoms with Crippen molar-refractivity contribution in [3.05, 3.63) is 29.6 Å². The predicted octanol–water partition coefficient (Wildman–Crippen LogP) is 0.208. The fraction of sp³-hybridized carbons (Fsp3) is 0.500. The number of nitrogens with zero attached hydrogens (tertiary/aromatic N) is 1. The summed E-state index contributed by atoms with van der Waals surface area (Å²) < 4.78 is 13.5. The lowest BCUT2D eigenvalue weighted by molar-refractivity contribution is -0.917. The van der Waals surface area contributed by atoms with Crippen molar-refractivity contribution in [3.63, 3.8) is 0 Å². The Bertz CT molecular complexity index is 569. The Morgan fingerprint density at radius 1 is 1.32 bits per heavy atom. The molecule has 1 atom stereocenters. The highest BCUT2D eigenvalue weighted by molar-refractivity contribution is 5.93. The second kappa shape index (κ2) is 6.87. The first kappa shape index (κ1) is 16.4. The van der Waals surface area contributed by atoms with Gasteiger partial charge in [0.2, 0.25) is 5.91 Å². The number of anilines is 1. The van der Waals surface area contributed by atoms with Gasteiger partial charge in [0.25, 0.3) is 5.91 Å². The van der Waals surface area contributed by atoms with Crippen molar-refractivity contribution in [1.29, 1.82) is 0 Å². The fourth-order valence-corrected chi connectivity index (χ4v) is 2.65. The van der Waals surface area contributed by atoms with Gasteiger partial charge in [-0.15, -0.1) is 0 Å². The number of hydrogen-bond donors (Lipinski definition) is 2. The third kappa shape index (κ3) is 3.82. The largest absolute Gasteiger partial charge is 0.332 e. The Morgan fingerprint density at radius 2 is 1.95 bits per heavy atom. The number of piperazine rings is 1. The smallest absolute Gasteiger partial charge is 0.282 e. The Labute approximate surface area is 130 Å². The minimum Gasteiger partial charge on any atom is -0.332 e. The first-order chi connectivity index (χ1) is 10.4. The van der Waals surface area contributed by atoms with Gasteiger partial charge in [0.1, 0.15) is 5.82 Å². The predicted molar refractivity (Wildman–Crippen MR) is 82.2 cm³/mol. The van der Waals surface area contributed by atoms with E-state index in [1.807, 2.05) is 6.92 Å². The van der Waals surface area contributed by atoms with Crippen LogP contribution in [0.5, 0.6) is 0 Å². The van der Waals surface area contributed by atoms with Gasteiger partial charge in [-0.2, -0.15) is 0 Å². The molecule has 0 unspecified atom stereocenters. The minimum atomic E-state index is -0.326. The average Bonchev–Trinajstić information content (AvgIpc) is 2.50. The molecular weight excluding hydrogens is 285 g/mol. The maximum Gasteiger partial charge on any atom is 0.282 e. The van der Waals surface area contributed by atoms with E-state index in [9.17, 15) is 14.0 Å². The summed E-state index contributed by atoms with van der Waals surface area (Å²) in [6.07, 6.45) is 0. The van der Waals surface area contributed by atoms with Crippen LogP contribution >= 0.6 is 0 Å². The number of hydrogen-bond acceptors (Lipinski definition) is 2. The van der Waals surface area contributed by atoms with Gasteiger partial charge >= 0.3 is 0 Å². The fourth-order valence-electron chi connectivity index (χ4n) is 2.65. The lowest BCUT2D eigenvalue weighted by atomic mass is 10.2. The van der Waals surface area contributed by atoms with Gasteiger partial charge in [-0.05, 0) is 31.5 Å². The van der Waals surface area contributed by atoms with Crippen molar-refractivity contribution in [2.24, 2.45) is 0 Å². The van der Waals surface area contributed by atoms with Gasteiger partial charge in [-0.3, -0.25) is 9.59 Å². The van der Waals surface area contributed by atoms with Crippen LogP contribution in [0.3, 0.4) is 0 Å². The van der Waals surface area contributed by atoms with E-state index in [0.717, 1.165) is 18.0 Å². The number of aryl methyl sites for hydroxylation is 1. The minimum absolute atomic E-state index is 0.0753. The molecule has 0 aromatic heterocycles. The van der Waals surface area contributed by atoms with Gasteiger partial charge in [0.15, 0.2) is 6.04 Å². The Morgan fingerprint density at radius 3 is 2.50 bits per heavy atom. The number of nitrogens with one attached hydrogen (secondary N) is 2. The monoisotopic (exact) mass is 308 g/mol. The zero-order chi connectivity index (χ0) is 16.3. The number of rotatable bonds is 3. The molecule has 1 aromatic carbocycles. The normalized spacial score (nSPS) is 17.2. The van der Waals surface area contributed by atoms with E-state index in [1.165, 1.54) is 6.07 Å². The highest BCUT2D eigenvalue weighted by Gasteiger charge is 2.29. The lowest BCUT2D eigenvalue weighted by Crippen LogP contribution is -3.19. The topological polar surface area (TPSA) is 53.9 Å². The SMILES string of the molecule is CC(=O)N1CC[NH+]([C@H](C)C(=O)Nc2ccc(C)c(F)c2)CC1. The first-order valence-electron chi connectivity index (χ1n) is 7.55. The zero-order valence-corrected chi connectivity index (χ0v) is 13.3. The summed E-state index contributed by atoms with van der Waals surface area (Å²) in [5, 5.41) is 2.76. The lowest BCUT2D eigenvalue weighted by Gasteiger charge is -2.34. The zero-order valence-electron chi connectivity index (χ0n) is 13.3. The van der Waals surface area contributed by atoms with Crippen LogP contribution in [0.15, 0.2) is 18.2 Å². The van der Waals surface area contributed by atoms with E-state index in [2.05, 4.69) is 5.32 Å². The molecule has 0 saturated carbocycles. The summed E-state index contributed by atoms with van der Waals surface area (Å²) in [6, 6.07) is 4.45. The molecule has 2 N–H and O–H groups in total. The summed E-state index contributed by atoms with van der Waals surface area (Å²) in [5.74, 6) is -0.381. The molecule has 1 saturated heterocycles. The molecule has 1 aromatic rings. The summed E-state index contributed by atoms with van der Waals surface area (Å²) in [5.41, 5.74) is 1.03.